The third-order valence-electron chi connectivity index (χ3n) is 14.0. The third-order valence-corrected chi connectivity index (χ3v) is 16.5. The molecule has 0 saturated heterocycles. The fraction of sp³-hybridized carbons (Fsp3) is 0.250. The molecule has 0 saturated carbocycles. The fourth-order valence-corrected chi connectivity index (χ4v) is 12.5. The van der Waals surface area contributed by atoms with Gasteiger partial charge in [0.15, 0.2) is 0 Å². The lowest BCUT2D eigenvalue weighted by molar-refractivity contribution is 0.108. The average Bonchev–Trinajstić information content (AvgIpc) is 3.34. The van der Waals surface area contributed by atoms with Gasteiger partial charge in [0.1, 0.15) is 64.0 Å². The molecular weight excluding hydrogens is 928 g/mol. The van der Waals surface area contributed by atoms with Gasteiger partial charge in [-0.3, -0.25) is 4.57 Å². The number of phenols is 2. The van der Waals surface area contributed by atoms with E-state index < -0.39 is 13.0 Å². The summed E-state index contributed by atoms with van der Waals surface area (Å²) in [4.78, 5) is 0. The van der Waals surface area contributed by atoms with E-state index in [1.165, 1.54) is 23.3 Å². The van der Waals surface area contributed by atoms with Crippen LogP contribution >= 0.6 is 7.37 Å². The number of hydrogen-bond donors (Lipinski definition) is 2. The molecule has 9 rings (SSSR count). The van der Waals surface area contributed by atoms with Crippen LogP contribution in [0.25, 0.3) is 11.1 Å². The first-order valence-electron chi connectivity index (χ1n) is 24.8. The van der Waals surface area contributed by atoms with E-state index >= 15 is 0 Å². The first kappa shape index (κ1) is 50.5. The monoisotopic (exact) mass is 992 g/mol. The predicted octanol–water partition coefficient (Wildman–Crippen LogP) is 15.7. The predicted molar refractivity (Wildman–Crippen MR) is 294 cm³/mol. The van der Waals surface area contributed by atoms with Gasteiger partial charge in [-0.1, -0.05) is 98.8 Å². The van der Waals surface area contributed by atoms with E-state index in [-0.39, 0.29) is 17.8 Å². The number of phenolic OH excluding ortho intramolecular Hbond substituents is 2. The zero-order valence-electron chi connectivity index (χ0n) is 44.0. The molecule has 2 N–H and O–H groups in total. The highest BCUT2D eigenvalue weighted by molar-refractivity contribution is 7.75. The third kappa shape index (κ3) is 10.2. The van der Waals surface area contributed by atoms with Crippen molar-refractivity contribution in [2.45, 2.75) is 107 Å². The van der Waals surface area contributed by atoms with Crippen LogP contribution in [0.4, 0.5) is 0 Å². The van der Waals surface area contributed by atoms with Crippen molar-refractivity contribution in [1.82, 2.24) is 0 Å². The van der Waals surface area contributed by atoms with E-state index in [9.17, 15) is 14.8 Å². The number of aryl methyl sites for hydroxylation is 8. The van der Waals surface area contributed by atoms with Gasteiger partial charge in [-0.2, -0.15) is 0 Å². The maximum Gasteiger partial charge on any atom is 0.311 e. The van der Waals surface area contributed by atoms with Crippen molar-refractivity contribution in [3.63, 3.8) is 0 Å². The van der Waals surface area contributed by atoms with Crippen molar-refractivity contribution < 1.29 is 38.2 Å². The zero-order valence-corrected chi connectivity index (χ0v) is 44.9. The molecule has 1 atom stereocenters. The van der Waals surface area contributed by atoms with Crippen LogP contribution in [0.15, 0.2) is 140 Å². The normalized spacial score (nSPS) is 14.2. The Bertz CT molecular complexity index is 3380. The molecule has 0 aromatic heterocycles. The number of fused-ring (bicyclic) bond motifs is 3. The van der Waals surface area contributed by atoms with Crippen LogP contribution in [-0.2, 0) is 23.0 Å². The van der Waals surface area contributed by atoms with Crippen molar-refractivity contribution in [3.8, 4) is 62.9 Å². The Labute approximate surface area is 430 Å². The van der Waals surface area contributed by atoms with Crippen LogP contribution in [0.5, 0.6) is 51.7 Å². The largest absolute Gasteiger partial charge is 0.508 e. The summed E-state index contributed by atoms with van der Waals surface area (Å²) >= 11 is 0. The summed E-state index contributed by atoms with van der Waals surface area (Å²) in [6.45, 7) is 25.2. The van der Waals surface area contributed by atoms with Gasteiger partial charge in [0.05, 0.1) is 10.6 Å². The van der Waals surface area contributed by atoms with Crippen molar-refractivity contribution in [3.05, 3.63) is 206 Å². The van der Waals surface area contributed by atoms with Gasteiger partial charge in [-0.05, 0) is 196 Å². The van der Waals surface area contributed by atoms with E-state index in [1.54, 1.807) is 6.07 Å². The van der Waals surface area contributed by atoms with Crippen molar-refractivity contribution in [2.75, 3.05) is 0 Å². The summed E-state index contributed by atoms with van der Waals surface area (Å²) in [6, 6.07) is 44.8. The first-order valence-corrected chi connectivity index (χ1v) is 26.4. The lowest BCUT2D eigenvalue weighted by Crippen LogP contribution is -2.31. The molecule has 1 aliphatic heterocycles. The Morgan fingerprint density at radius 2 is 0.986 bits per heavy atom. The second kappa shape index (κ2) is 19.5. The highest BCUT2D eigenvalue weighted by atomic mass is 31.2. The number of rotatable bonds is 14. The summed E-state index contributed by atoms with van der Waals surface area (Å²) in [5.74, 6) is 5.14. The average molecular weight is 993 g/mol. The summed E-state index contributed by atoms with van der Waals surface area (Å²) in [5.41, 5.74) is 13.0. The highest BCUT2D eigenvalue weighted by Gasteiger charge is 2.40. The second-order valence-electron chi connectivity index (χ2n) is 21.0. The minimum atomic E-state index is -3.71. The minimum absolute atomic E-state index is 0.0244. The van der Waals surface area contributed by atoms with Crippen LogP contribution in [-0.4, -0.2) is 15.8 Å². The van der Waals surface area contributed by atoms with E-state index in [4.69, 9.17) is 23.5 Å². The molecule has 0 fully saturated rings. The highest BCUT2D eigenvalue weighted by Crippen LogP contribution is 2.55. The van der Waals surface area contributed by atoms with Gasteiger partial charge >= 0.3 is 7.37 Å². The van der Waals surface area contributed by atoms with E-state index in [2.05, 4.69) is 106 Å². The maximum atomic E-state index is 15.0. The van der Waals surface area contributed by atoms with E-state index in [0.717, 1.165) is 89.8 Å². The minimum Gasteiger partial charge on any atom is -0.508 e. The maximum absolute atomic E-state index is 15.0. The molecule has 1 unspecified atom stereocenters. The SMILES string of the molecule is Cc1cc(Oc2c(C)cc(C(C)(C)c3cc(C)c(Oc4cc(C)c(OC(C)(C)Cc5ccc(COc6ccc(O)cc6P6(=O)Oc7ccccc7-c7ccccc76)cc5)c(C)c4)c(C)c3)cc2C)cc(C)c1O. The molecular formula is C64H65O8P. The fourth-order valence-electron chi connectivity index (χ4n) is 10.1. The molecule has 0 amide bonds. The molecule has 9 heteroatoms. The van der Waals surface area contributed by atoms with Crippen molar-refractivity contribution >= 4 is 18.0 Å². The lowest BCUT2D eigenvalue weighted by Gasteiger charge is -2.30. The van der Waals surface area contributed by atoms with Crippen LogP contribution in [0.1, 0.15) is 94.5 Å². The summed E-state index contributed by atoms with van der Waals surface area (Å²) in [6.07, 6.45) is 0.659. The molecule has 1 heterocycles. The number of benzene rings is 8. The molecule has 1 aliphatic rings. The van der Waals surface area contributed by atoms with Crippen LogP contribution in [0.2, 0.25) is 0 Å². The van der Waals surface area contributed by atoms with Crippen LogP contribution in [0.3, 0.4) is 0 Å². The second-order valence-corrected chi connectivity index (χ2v) is 23.2. The van der Waals surface area contributed by atoms with Crippen LogP contribution < -0.4 is 34.1 Å². The number of para-hydroxylation sites is 1. The van der Waals surface area contributed by atoms with Crippen molar-refractivity contribution in [1.29, 1.82) is 0 Å². The van der Waals surface area contributed by atoms with E-state index in [1.807, 2.05) is 98.8 Å². The lowest BCUT2D eigenvalue weighted by atomic mass is 9.76. The Morgan fingerprint density at radius 1 is 0.507 bits per heavy atom. The van der Waals surface area contributed by atoms with Gasteiger partial charge in [0.2, 0.25) is 0 Å². The van der Waals surface area contributed by atoms with Gasteiger partial charge < -0.3 is 33.7 Å². The Hall–Kier alpha value is -7.41. The Morgan fingerprint density at radius 3 is 1.55 bits per heavy atom. The van der Waals surface area contributed by atoms with Crippen LogP contribution in [0, 0.1) is 55.4 Å². The number of ether oxygens (including phenoxy) is 4. The molecule has 8 aromatic rings. The summed E-state index contributed by atoms with van der Waals surface area (Å²) < 4.78 is 47.6. The molecule has 8 nitrogen and oxygen atoms in total. The standard InChI is InChI=1S/C64H65O8P/c1-38-31-51(32-39(2)59(38)66)69-60-40(3)27-48(28-41(60)4)64(11,12)49-29-42(5)61(43(6)30-49)70-52-33-44(7)62(45(8)34-52)71-63(9,10)36-46-21-23-47(24-22-46)37-68-56-26-25-50(65)35-58(56)73(67)57-20-16-14-18-54(57)53-17-13-15-19-55(53)72-73/h13-35,65-66H,36-37H2,1-12H3. The smallest absolute Gasteiger partial charge is 0.311 e. The molecule has 73 heavy (non-hydrogen) atoms. The van der Waals surface area contributed by atoms with Crippen molar-refractivity contribution in [2.24, 2.45) is 0 Å². The first-order chi connectivity index (χ1) is 34.6. The van der Waals surface area contributed by atoms with Gasteiger partial charge in [-0.15, -0.1) is 0 Å². The van der Waals surface area contributed by atoms with Gasteiger partial charge in [0.25, 0.3) is 0 Å². The Kier molecular flexibility index (Phi) is 13.5. The van der Waals surface area contributed by atoms with Gasteiger partial charge in [-0.25, -0.2) is 0 Å². The molecule has 8 aromatic carbocycles. The summed E-state index contributed by atoms with van der Waals surface area (Å²) in [7, 11) is -3.71. The van der Waals surface area contributed by atoms with Gasteiger partial charge in [0, 0.05) is 17.4 Å². The van der Waals surface area contributed by atoms with E-state index in [0.29, 0.717) is 40.0 Å². The number of hydrogen-bond acceptors (Lipinski definition) is 8. The molecule has 0 aliphatic carbocycles. The molecule has 0 spiro atoms. The molecule has 374 valence electrons. The Balaban J connectivity index is 0.850. The topological polar surface area (TPSA) is 104 Å². The summed E-state index contributed by atoms with van der Waals surface area (Å²) in [5, 5.41) is 21.8. The zero-order chi connectivity index (χ0) is 52.1. The molecule has 0 bridgehead atoms. The number of aromatic hydroxyl groups is 2. The molecule has 0 radical (unpaired) electrons. The quantitative estimate of drug-likeness (QED) is 0.104.